The molecule has 16 heavy (non-hydrogen) atoms. The van der Waals surface area contributed by atoms with Crippen LogP contribution in [0.25, 0.3) is 10.9 Å². The van der Waals surface area contributed by atoms with Crippen molar-refractivity contribution in [3.05, 3.63) is 30.0 Å². The number of halogens is 2. The van der Waals surface area contributed by atoms with E-state index in [9.17, 15) is 13.6 Å². The van der Waals surface area contributed by atoms with Crippen LogP contribution in [-0.4, -0.2) is 21.3 Å². The number of aromatic amines is 1. The Morgan fingerprint density at radius 2 is 2.25 bits per heavy atom. The van der Waals surface area contributed by atoms with Gasteiger partial charge in [0.2, 0.25) is 0 Å². The first kappa shape index (κ1) is 10.5. The van der Waals surface area contributed by atoms with Gasteiger partial charge in [-0.15, -0.1) is 0 Å². The topological polar surface area (TPSA) is 66.0 Å². The normalized spacial score (nSPS) is 11.9. The molecule has 0 saturated carbocycles. The van der Waals surface area contributed by atoms with Crippen molar-refractivity contribution in [2.24, 2.45) is 0 Å². The van der Waals surface area contributed by atoms with Gasteiger partial charge < -0.3 is 5.11 Å². The fourth-order valence-electron chi connectivity index (χ4n) is 1.56. The van der Waals surface area contributed by atoms with Crippen molar-refractivity contribution < 1.29 is 18.7 Å². The first-order valence-corrected chi connectivity index (χ1v) is 4.53. The summed E-state index contributed by atoms with van der Waals surface area (Å²) in [6.07, 6.45) is 0.181. The van der Waals surface area contributed by atoms with Crippen LogP contribution >= 0.6 is 0 Å². The summed E-state index contributed by atoms with van der Waals surface area (Å²) in [5, 5.41) is 15.1. The van der Waals surface area contributed by atoms with Gasteiger partial charge in [-0.3, -0.25) is 9.89 Å². The van der Waals surface area contributed by atoms with Crippen molar-refractivity contribution in [2.45, 2.75) is 12.3 Å². The first-order valence-electron chi connectivity index (χ1n) is 4.53. The fraction of sp³-hybridized carbons (Fsp3) is 0.200. The highest BCUT2D eigenvalue weighted by Gasteiger charge is 2.36. The molecule has 2 aromatic rings. The molecule has 0 aliphatic carbocycles. The summed E-state index contributed by atoms with van der Waals surface area (Å²) in [4.78, 5) is 10.4. The second kappa shape index (κ2) is 3.55. The molecule has 1 aromatic heterocycles. The Labute approximate surface area is 88.9 Å². The van der Waals surface area contributed by atoms with Crippen LogP contribution in [0.3, 0.4) is 0 Å². The molecule has 6 heteroatoms. The van der Waals surface area contributed by atoms with E-state index in [4.69, 9.17) is 5.11 Å². The predicted octanol–water partition coefficient (Wildman–Crippen LogP) is 2.13. The molecule has 0 amide bonds. The SMILES string of the molecule is O=C(O)CC(F)(F)c1cccc2cn[nH]c12. The van der Waals surface area contributed by atoms with Crippen LogP contribution < -0.4 is 0 Å². The highest BCUT2D eigenvalue weighted by molar-refractivity contribution is 5.82. The molecule has 0 unspecified atom stereocenters. The monoisotopic (exact) mass is 226 g/mol. The summed E-state index contributed by atoms with van der Waals surface area (Å²) in [5.74, 6) is -4.95. The average molecular weight is 226 g/mol. The summed E-state index contributed by atoms with van der Waals surface area (Å²) in [6.45, 7) is 0. The largest absolute Gasteiger partial charge is 0.481 e. The van der Waals surface area contributed by atoms with E-state index in [0.717, 1.165) is 0 Å². The van der Waals surface area contributed by atoms with Gasteiger partial charge in [0.15, 0.2) is 0 Å². The molecule has 0 radical (unpaired) electrons. The molecule has 0 bridgehead atoms. The maximum Gasteiger partial charge on any atom is 0.309 e. The van der Waals surface area contributed by atoms with Gasteiger partial charge >= 0.3 is 5.97 Å². The number of carboxylic acid groups (broad SMARTS) is 1. The van der Waals surface area contributed by atoms with Crippen molar-refractivity contribution >= 4 is 16.9 Å². The second-order valence-electron chi connectivity index (χ2n) is 3.41. The smallest absolute Gasteiger partial charge is 0.309 e. The van der Waals surface area contributed by atoms with E-state index in [-0.39, 0.29) is 11.1 Å². The highest BCUT2D eigenvalue weighted by atomic mass is 19.3. The van der Waals surface area contributed by atoms with E-state index < -0.39 is 18.3 Å². The van der Waals surface area contributed by atoms with Gasteiger partial charge in [-0.05, 0) is 0 Å². The number of nitrogens with zero attached hydrogens (tertiary/aromatic N) is 1. The van der Waals surface area contributed by atoms with E-state index in [2.05, 4.69) is 10.2 Å². The zero-order valence-corrected chi connectivity index (χ0v) is 8.08. The van der Waals surface area contributed by atoms with Crippen LogP contribution in [-0.2, 0) is 10.7 Å². The number of aliphatic carboxylic acids is 1. The number of benzene rings is 1. The third kappa shape index (κ3) is 1.73. The van der Waals surface area contributed by atoms with E-state index in [1.165, 1.54) is 18.3 Å². The average Bonchev–Trinajstić information content (AvgIpc) is 2.62. The molecular formula is C10H8F2N2O2. The van der Waals surface area contributed by atoms with Crippen LogP contribution in [0.2, 0.25) is 0 Å². The third-order valence-corrected chi connectivity index (χ3v) is 2.24. The summed E-state index contributed by atoms with van der Waals surface area (Å²) in [5.41, 5.74) is -0.168. The molecule has 84 valence electrons. The minimum atomic E-state index is -3.40. The van der Waals surface area contributed by atoms with Gasteiger partial charge in [-0.1, -0.05) is 18.2 Å². The molecule has 0 saturated heterocycles. The van der Waals surface area contributed by atoms with Crippen LogP contribution in [0.5, 0.6) is 0 Å². The number of aromatic nitrogens is 2. The molecule has 1 heterocycles. The highest BCUT2D eigenvalue weighted by Crippen LogP contribution is 2.35. The summed E-state index contributed by atoms with van der Waals surface area (Å²) in [6, 6.07) is 4.27. The molecular weight excluding hydrogens is 218 g/mol. The van der Waals surface area contributed by atoms with Crippen LogP contribution in [0, 0.1) is 0 Å². The Morgan fingerprint density at radius 1 is 1.50 bits per heavy atom. The van der Waals surface area contributed by atoms with Crippen molar-refractivity contribution in [3.8, 4) is 0 Å². The Kier molecular flexibility index (Phi) is 2.34. The maximum atomic E-state index is 13.6. The summed E-state index contributed by atoms with van der Waals surface area (Å²) in [7, 11) is 0. The molecule has 0 aliphatic rings. The molecule has 2 N–H and O–H groups in total. The predicted molar refractivity (Wildman–Crippen MR) is 52.2 cm³/mol. The molecule has 0 fully saturated rings. The number of alkyl halides is 2. The van der Waals surface area contributed by atoms with Crippen LogP contribution in [0.4, 0.5) is 8.78 Å². The fourth-order valence-corrected chi connectivity index (χ4v) is 1.56. The number of hydrogen-bond donors (Lipinski definition) is 2. The lowest BCUT2D eigenvalue weighted by Gasteiger charge is -2.14. The number of fused-ring (bicyclic) bond motifs is 1. The number of H-pyrrole nitrogens is 1. The zero-order chi connectivity index (χ0) is 11.8. The lowest BCUT2D eigenvalue weighted by atomic mass is 10.0. The molecule has 0 atom stereocenters. The van der Waals surface area contributed by atoms with Crippen molar-refractivity contribution in [2.75, 3.05) is 0 Å². The molecule has 2 rings (SSSR count). The number of hydrogen-bond acceptors (Lipinski definition) is 2. The first-order chi connectivity index (χ1) is 7.50. The van der Waals surface area contributed by atoms with Crippen molar-refractivity contribution in [1.82, 2.24) is 10.2 Å². The van der Waals surface area contributed by atoms with Gasteiger partial charge in [-0.25, -0.2) is 8.78 Å². The number of para-hydroxylation sites is 1. The summed E-state index contributed by atoms with van der Waals surface area (Å²) < 4.78 is 27.2. The van der Waals surface area contributed by atoms with E-state index >= 15 is 0 Å². The second-order valence-corrected chi connectivity index (χ2v) is 3.41. The molecule has 1 aromatic carbocycles. The Hall–Kier alpha value is -1.98. The number of nitrogens with one attached hydrogen (secondary N) is 1. The number of carboxylic acids is 1. The molecule has 0 spiro atoms. The zero-order valence-electron chi connectivity index (χ0n) is 8.08. The third-order valence-electron chi connectivity index (χ3n) is 2.24. The quantitative estimate of drug-likeness (QED) is 0.842. The Bertz CT molecular complexity index is 536. The van der Waals surface area contributed by atoms with Gasteiger partial charge in [0.25, 0.3) is 5.92 Å². The maximum absolute atomic E-state index is 13.6. The van der Waals surface area contributed by atoms with E-state index in [1.54, 1.807) is 6.07 Å². The Morgan fingerprint density at radius 3 is 2.94 bits per heavy atom. The van der Waals surface area contributed by atoms with E-state index in [0.29, 0.717) is 5.39 Å². The molecule has 4 nitrogen and oxygen atoms in total. The minimum Gasteiger partial charge on any atom is -0.481 e. The van der Waals surface area contributed by atoms with Crippen LogP contribution in [0.15, 0.2) is 24.4 Å². The lowest BCUT2D eigenvalue weighted by molar-refractivity contribution is -0.145. The van der Waals surface area contributed by atoms with Crippen molar-refractivity contribution in [1.29, 1.82) is 0 Å². The van der Waals surface area contributed by atoms with Gasteiger partial charge in [0, 0.05) is 10.9 Å². The van der Waals surface area contributed by atoms with Crippen LogP contribution in [0.1, 0.15) is 12.0 Å². The van der Waals surface area contributed by atoms with Gasteiger partial charge in [0.05, 0.1) is 11.7 Å². The molecule has 0 aliphatic heterocycles. The minimum absolute atomic E-state index is 0.175. The summed E-state index contributed by atoms with van der Waals surface area (Å²) >= 11 is 0. The standard InChI is InChI=1S/C10H8F2N2O2/c11-10(12,4-8(15)16)7-3-1-2-6-5-13-14-9(6)7/h1-3,5H,4H2,(H,13,14)(H,15,16). The van der Waals surface area contributed by atoms with Gasteiger partial charge in [-0.2, -0.15) is 5.10 Å². The van der Waals surface area contributed by atoms with Gasteiger partial charge in [0.1, 0.15) is 6.42 Å². The van der Waals surface area contributed by atoms with Crippen molar-refractivity contribution in [3.63, 3.8) is 0 Å². The number of carbonyl (C=O) groups is 1. The Balaban J connectivity index is 2.53. The number of rotatable bonds is 3. The van der Waals surface area contributed by atoms with E-state index in [1.807, 2.05) is 0 Å². The lowest BCUT2D eigenvalue weighted by Crippen LogP contribution is -2.18.